The van der Waals surface area contributed by atoms with E-state index in [1.807, 2.05) is 0 Å². The molecule has 0 unspecified atom stereocenters. The minimum absolute atomic E-state index is 0.135. The fourth-order valence-corrected chi connectivity index (χ4v) is 5.01. The Morgan fingerprint density at radius 3 is 2.34 bits per heavy atom. The second kappa shape index (κ2) is 13.9. The maximum absolute atomic E-state index is 14.1. The van der Waals surface area contributed by atoms with E-state index >= 15 is 0 Å². The highest BCUT2D eigenvalue weighted by atomic mass is 19.1. The summed E-state index contributed by atoms with van der Waals surface area (Å²) in [6.45, 7) is 2.85. The van der Waals surface area contributed by atoms with Crippen LogP contribution in [0.5, 0.6) is 5.75 Å². The predicted octanol–water partition coefficient (Wildman–Crippen LogP) is 7.73. The van der Waals surface area contributed by atoms with E-state index in [1.165, 1.54) is 44.1 Å². The average molecular weight is 446 g/mol. The highest BCUT2D eigenvalue weighted by Gasteiger charge is 2.27. The van der Waals surface area contributed by atoms with E-state index in [-0.39, 0.29) is 6.10 Å². The van der Waals surface area contributed by atoms with Crippen LogP contribution in [-0.2, 0) is 9.53 Å². The smallest absolute Gasteiger partial charge is 0.340 e. The quantitative estimate of drug-likeness (QED) is 0.244. The molecular formula is C28H42FO3. The number of unbranched alkanes of at least 4 members (excludes halogenated alkanes) is 4. The van der Waals surface area contributed by atoms with Crippen LogP contribution in [-0.4, -0.2) is 24.9 Å². The van der Waals surface area contributed by atoms with Crippen molar-refractivity contribution in [1.82, 2.24) is 0 Å². The number of hydrogen-bond acceptors (Lipinski definition) is 3. The Hall–Kier alpha value is -1.58. The molecule has 2 saturated carbocycles. The Kier molecular flexibility index (Phi) is 10.8. The van der Waals surface area contributed by atoms with Crippen molar-refractivity contribution in [2.75, 3.05) is 6.61 Å². The van der Waals surface area contributed by atoms with Gasteiger partial charge in [0.15, 0.2) is 6.17 Å². The van der Waals surface area contributed by atoms with Crippen molar-refractivity contribution in [2.45, 2.75) is 115 Å². The lowest BCUT2D eigenvalue weighted by molar-refractivity contribution is -0.157. The second-order valence-electron chi connectivity index (χ2n) is 9.77. The molecule has 1 aromatic carbocycles. The molecule has 179 valence electrons. The summed E-state index contributed by atoms with van der Waals surface area (Å²) in [5.74, 6) is 1.44. The van der Waals surface area contributed by atoms with E-state index < -0.39 is 12.1 Å². The zero-order chi connectivity index (χ0) is 22.6. The van der Waals surface area contributed by atoms with Crippen LogP contribution in [0.3, 0.4) is 0 Å². The van der Waals surface area contributed by atoms with Crippen molar-refractivity contribution in [3.63, 3.8) is 0 Å². The standard InChI is InChI=1S/C28H42FO3/c1-2-3-4-5-9-12-27(29)28(30)32-26-17-13-22(14-18-26)21-31-25-19-15-24(16-20-25)23-10-7-6-8-11-23/h6,15-16,19-20,22-23,26-27H,2-5,7-14,17-18,21H2,1H3/t22-,26-,27-/m0/s1. The number of esters is 1. The van der Waals surface area contributed by atoms with Gasteiger partial charge in [-0.1, -0.05) is 44.7 Å². The fourth-order valence-electron chi connectivity index (χ4n) is 5.01. The van der Waals surface area contributed by atoms with Crippen molar-refractivity contribution in [2.24, 2.45) is 5.92 Å². The van der Waals surface area contributed by atoms with Gasteiger partial charge in [0.05, 0.1) is 6.61 Å². The van der Waals surface area contributed by atoms with Crippen LogP contribution >= 0.6 is 0 Å². The van der Waals surface area contributed by atoms with Crippen LogP contribution in [0.4, 0.5) is 4.39 Å². The van der Waals surface area contributed by atoms with Gasteiger partial charge in [0, 0.05) is 0 Å². The van der Waals surface area contributed by atoms with E-state index in [0.717, 1.165) is 50.7 Å². The molecule has 0 amide bonds. The highest BCUT2D eigenvalue weighted by molar-refractivity contribution is 5.74. The SMILES string of the molecule is CCCCCCC[C@H](F)C(=O)O[C@H]1CC[C@H](COc2ccc(C3CC[CH]CC3)cc2)CC1. The normalized spacial score (nSPS) is 22.9. The van der Waals surface area contributed by atoms with Crippen molar-refractivity contribution >= 4 is 5.97 Å². The van der Waals surface area contributed by atoms with Crippen molar-refractivity contribution in [1.29, 1.82) is 0 Å². The summed E-state index contributed by atoms with van der Waals surface area (Å²) in [5, 5.41) is 0. The molecule has 1 atom stereocenters. The lowest BCUT2D eigenvalue weighted by Crippen LogP contribution is -2.30. The fraction of sp³-hybridized carbons (Fsp3) is 0.714. The molecule has 2 fully saturated rings. The molecule has 0 N–H and O–H groups in total. The van der Waals surface area contributed by atoms with Gasteiger partial charge in [0.25, 0.3) is 0 Å². The first kappa shape index (κ1) is 25.1. The molecule has 0 aliphatic heterocycles. The van der Waals surface area contributed by atoms with Gasteiger partial charge in [-0.05, 0) is 100 Å². The van der Waals surface area contributed by atoms with Crippen LogP contribution < -0.4 is 4.74 Å². The maximum atomic E-state index is 14.1. The Morgan fingerprint density at radius 2 is 1.66 bits per heavy atom. The van der Waals surface area contributed by atoms with Gasteiger partial charge in [-0.2, -0.15) is 0 Å². The number of alkyl halides is 1. The lowest BCUT2D eigenvalue weighted by Gasteiger charge is -2.28. The second-order valence-corrected chi connectivity index (χ2v) is 9.77. The van der Waals surface area contributed by atoms with E-state index in [4.69, 9.17) is 9.47 Å². The number of hydrogen-bond donors (Lipinski definition) is 0. The van der Waals surface area contributed by atoms with Crippen LogP contribution in [0, 0.1) is 12.3 Å². The summed E-state index contributed by atoms with van der Waals surface area (Å²) in [7, 11) is 0. The van der Waals surface area contributed by atoms with Gasteiger partial charge in [-0.3, -0.25) is 0 Å². The summed E-state index contributed by atoms with van der Waals surface area (Å²) < 4.78 is 25.6. The van der Waals surface area contributed by atoms with Crippen LogP contribution in [0.2, 0.25) is 0 Å². The third-order valence-corrected chi connectivity index (χ3v) is 7.17. The summed E-state index contributed by atoms with van der Waals surface area (Å²) in [5.41, 5.74) is 1.43. The maximum Gasteiger partial charge on any atom is 0.340 e. The molecule has 0 spiro atoms. The van der Waals surface area contributed by atoms with E-state index in [1.54, 1.807) is 0 Å². The molecular weight excluding hydrogens is 403 g/mol. The van der Waals surface area contributed by atoms with Crippen molar-refractivity contribution < 1.29 is 18.7 Å². The molecule has 32 heavy (non-hydrogen) atoms. The minimum atomic E-state index is -1.47. The number of benzene rings is 1. The molecule has 2 aliphatic carbocycles. The number of carbonyl (C=O) groups is 1. The molecule has 3 rings (SSSR count). The summed E-state index contributed by atoms with van der Waals surface area (Å²) >= 11 is 0. The molecule has 0 heterocycles. The van der Waals surface area contributed by atoms with Gasteiger partial charge in [0.1, 0.15) is 11.9 Å². The summed E-state index contributed by atoms with van der Waals surface area (Å²) in [4.78, 5) is 12.0. The largest absolute Gasteiger partial charge is 0.493 e. The molecule has 1 radical (unpaired) electrons. The monoisotopic (exact) mass is 445 g/mol. The van der Waals surface area contributed by atoms with Crippen LogP contribution in [0.15, 0.2) is 24.3 Å². The summed E-state index contributed by atoms with van der Waals surface area (Å²) in [6, 6.07) is 8.65. The Bertz CT molecular complexity index is 645. The van der Waals surface area contributed by atoms with E-state index in [0.29, 0.717) is 24.9 Å². The first-order valence-corrected chi connectivity index (χ1v) is 13.0. The predicted molar refractivity (Wildman–Crippen MR) is 128 cm³/mol. The molecule has 0 bridgehead atoms. The molecule has 1 aromatic rings. The zero-order valence-electron chi connectivity index (χ0n) is 19.9. The van der Waals surface area contributed by atoms with Gasteiger partial charge in [-0.15, -0.1) is 0 Å². The van der Waals surface area contributed by atoms with Gasteiger partial charge in [-0.25, -0.2) is 9.18 Å². The number of halogens is 1. The van der Waals surface area contributed by atoms with Gasteiger partial charge >= 0.3 is 5.97 Å². The number of carbonyl (C=O) groups excluding carboxylic acids is 1. The summed E-state index contributed by atoms with van der Waals surface area (Å²) in [6.07, 6.45) is 14.8. The van der Waals surface area contributed by atoms with Gasteiger partial charge in [0.2, 0.25) is 0 Å². The average Bonchev–Trinajstić information content (AvgIpc) is 2.84. The highest BCUT2D eigenvalue weighted by Crippen LogP contribution is 2.33. The Morgan fingerprint density at radius 1 is 0.969 bits per heavy atom. The molecule has 0 aromatic heterocycles. The third kappa shape index (κ3) is 8.41. The van der Waals surface area contributed by atoms with E-state index in [2.05, 4.69) is 37.6 Å². The minimum Gasteiger partial charge on any atom is -0.493 e. The molecule has 4 heteroatoms. The van der Waals surface area contributed by atoms with Crippen molar-refractivity contribution in [3.05, 3.63) is 36.2 Å². The topological polar surface area (TPSA) is 35.5 Å². The number of ether oxygens (including phenoxy) is 2. The first-order chi connectivity index (χ1) is 15.7. The Balaban J connectivity index is 1.29. The van der Waals surface area contributed by atoms with Crippen molar-refractivity contribution in [3.8, 4) is 5.75 Å². The van der Waals surface area contributed by atoms with E-state index in [9.17, 15) is 9.18 Å². The zero-order valence-corrected chi connectivity index (χ0v) is 19.9. The molecule has 2 aliphatic rings. The first-order valence-electron chi connectivity index (χ1n) is 13.0. The van der Waals surface area contributed by atoms with Gasteiger partial charge < -0.3 is 9.47 Å². The third-order valence-electron chi connectivity index (χ3n) is 7.17. The molecule has 0 saturated heterocycles. The van der Waals surface area contributed by atoms with Crippen LogP contribution in [0.25, 0.3) is 0 Å². The van der Waals surface area contributed by atoms with Crippen LogP contribution in [0.1, 0.15) is 108 Å². The lowest BCUT2D eigenvalue weighted by atomic mass is 9.84. The number of rotatable bonds is 12. The Labute approximate surface area is 194 Å². The molecule has 3 nitrogen and oxygen atoms in total.